The number of halogens is 2. The van der Waals surface area contributed by atoms with Gasteiger partial charge in [0.25, 0.3) is 0 Å². The van der Waals surface area contributed by atoms with Crippen molar-refractivity contribution in [1.29, 1.82) is 0 Å². The normalized spacial score (nSPS) is 20.5. The first kappa shape index (κ1) is 12.2. The van der Waals surface area contributed by atoms with Crippen molar-refractivity contribution >= 4 is 5.96 Å². The van der Waals surface area contributed by atoms with E-state index < -0.39 is 11.8 Å². The number of hydrogen-bond acceptors (Lipinski definition) is 1. The van der Waals surface area contributed by atoms with Crippen molar-refractivity contribution in [3.8, 4) is 0 Å². The van der Waals surface area contributed by atoms with Crippen LogP contribution in [0.1, 0.15) is 33.6 Å². The fourth-order valence-electron chi connectivity index (χ4n) is 1.27. The number of aliphatic imine (C=N–C) groups is 1. The maximum Gasteiger partial charge on any atom is 0.245 e. The highest BCUT2D eigenvalue weighted by Crippen LogP contribution is 2.50. The first-order chi connectivity index (χ1) is 6.75. The summed E-state index contributed by atoms with van der Waals surface area (Å²) >= 11 is 0. The van der Waals surface area contributed by atoms with Gasteiger partial charge in [-0.15, -0.1) is 0 Å². The molecule has 0 unspecified atom stereocenters. The van der Waals surface area contributed by atoms with E-state index in [1.54, 1.807) is 0 Å². The minimum atomic E-state index is -2.29. The number of nitrogens with one attached hydrogen (secondary N) is 1. The van der Waals surface area contributed by atoms with Crippen LogP contribution in [0.5, 0.6) is 0 Å². The van der Waals surface area contributed by atoms with Crippen molar-refractivity contribution in [2.24, 2.45) is 16.1 Å². The van der Waals surface area contributed by atoms with Crippen LogP contribution in [0.4, 0.5) is 8.78 Å². The fourth-order valence-corrected chi connectivity index (χ4v) is 1.27. The number of alkyl halides is 2. The van der Waals surface area contributed by atoms with Gasteiger partial charge in [-0.2, -0.15) is 0 Å². The van der Waals surface area contributed by atoms with Crippen molar-refractivity contribution in [3.05, 3.63) is 0 Å². The van der Waals surface area contributed by atoms with Gasteiger partial charge in [-0.3, -0.25) is 4.99 Å². The molecular formula is C10H19F2N3. The summed E-state index contributed by atoms with van der Waals surface area (Å²) in [6.45, 7) is 5.94. The first-order valence-electron chi connectivity index (χ1n) is 5.11. The van der Waals surface area contributed by atoms with Crippen LogP contribution < -0.4 is 11.1 Å². The predicted molar refractivity (Wildman–Crippen MR) is 57.0 cm³/mol. The molecule has 1 fully saturated rings. The average Bonchev–Trinajstić information content (AvgIpc) is 2.77. The molecule has 0 radical (unpaired) electrons. The van der Waals surface area contributed by atoms with E-state index in [0.717, 1.165) is 0 Å². The highest BCUT2D eigenvalue weighted by Gasteiger charge is 2.50. The Balaban J connectivity index is 2.44. The lowest BCUT2D eigenvalue weighted by molar-refractivity contribution is 0.0667. The Morgan fingerprint density at radius 3 is 2.33 bits per heavy atom. The van der Waals surface area contributed by atoms with Crippen LogP contribution in [0, 0.1) is 5.41 Å². The van der Waals surface area contributed by atoms with E-state index in [1.165, 1.54) is 0 Å². The molecule has 0 aromatic rings. The molecule has 0 saturated heterocycles. The van der Waals surface area contributed by atoms with Crippen LogP contribution in [-0.4, -0.2) is 24.5 Å². The van der Waals surface area contributed by atoms with Crippen LogP contribution in [0.3, 0.4) is 0 Å². The third-order valence-corrected chi connectivity index (χ3v) is 2.42. The lowest BCUT2D eigenvalue weighted by Gasteiger charge is -2.21. The molecule has 0 heterocycles. The predicted octanol–water partition coefficient (Wildman–Crippen LogP) is 1.73. The Hall–Kier alpha value is -0.870. The SMILES string of the molecule is CC(C)(C)NC(N)=NCC1(C(F)F)CC1. The van der Waals surface area contributed by atoms with Crippen molar-refractivity contribution in [3.63, 3.8) is 0 Å². The van der Waals surface area contributed by atoms with E-state index in [1.807, 2.05) is 20.8 Å². The molecule has 0 aromatic carbocycles. The number of nitrogens with two attached hydrogens (primary N) is 1. The molecule has 0 atom stereocenters. The maximum atomic E-state index is 12.5. The number of nitrogens with zero attached hydrogens (tertiary/aromatic N) is 1. The molecule has 3 N–H and O–H groups in total. The highest BCUT2D eigenvalue weighted by molar-refractivity contribution is 5.78. The van der Waals surface area contributed by atoms with Crippen molar-refractivity contribution in [2.45, 2.75) is 45.6 Å². The van der Waals surface area contributed by atoms with E-state index in [-0.39, 0.29) is 18.0 Å². The van der Waals surface area contributed by atoms with Gasteiger partial charge in [-0.05, 0) is 33.6 Å². The number of hydrogen-bond donors (Lipinski definition) is 2. The first-order valence-corrected chi connectivity index (χ1v) is 5.11. The van der Waals surface area contributed by atoms with E-state index >= 15 is 0 Å². The Bertz CT molecular complexity index is 252. The second-order valence-electron chi connectivity index (χ2n) is 5.24. The quantitative estimate of drug-likeness (QED) is 0.561. The van der Waals surface area contributed by atoms with Crippen LogP contribution in [0.15, 0.2) is 4.99 Å². The largest absolute Gasteiger partial charge is 0.370 e. The van der Waals surface area contributed by atoms with E-state index in [2.05, 4.69) is 10.3 Å². The van der Waals surface area contributed by atoms with Crippen LogP contribution in [0.2, 0.25) is 0 Å². The summed E-state index contributed by atoms with van der Waals surface area (Å²) in [6.07, 6.45) is -1.18. The second-order valence-corrected chi connectivity index (χ2v) is 5.24. The molecule has 0 spiro atoms. The summed E-state index contributed by atoms with van der Waals surface area (Å²) in [4.78, 5) is 3.97. The minimum Gasteiger partial charge on any atom is -0.370 e. The zero-order valence-electron chi connectivity index (χ0n) is 9.48. The molecule has 1 aliphatic carbocycles. The molecule has 0 amide bonds. The Morgan fingerprint density at radius 2 is 2.00 bits per heavy atom. The highest BCUT2D eigenvalue weighted by atomic mass is 19.3. The number of rotatable bonds is 3. The van der Waals surface area contributed by atoms with Gasteiger partial charge < -0.3 is 11.1 Å². The van der Waals surface area contributed by atoms with Crippen LogP contribution in [0.25, 0.3) is 0 Å². The van der Waals surface area contributed by atoms with E-state index in [0.29, 0.717) is 12.8 Å². The summed E-state index contributed by atoms with van der Waals surface area (Å²) in [6, 6.07) is 0. The third kappa shape index (κ3) is 3.64. The lowest BCUT2D eigenvalue weighted by Crippen LogP contribution is -2.45. The van der Waals surface area contributed by atoms with E-state index in [4.69, 9.17) is 5.73 Å². The van der Waals surface area contributed by atoms with Gasteiger partial charge in [0.2, 0.25) is 6.43 Å². The molecule has 88 valence electrons. The average molecular weight is 219 g/mol. The van der Waals surface area contributed by atoms with E-state index in [9.17, 15) is 8.78 Å². The smallest absolute Gasteiger partial charge is 0.245 e. The van der Waals surface area contributed by atoms with Gasteiger partial charge in [0.1, 0.15) is 0 Å². The monoisotopic (exact) mass is 219 g/mol. The zero-order valence-corrected chi connectivity index (χ0v) is 9.48. The van der Waals surface area contributed by atoms with Gasteiger partial charge in [0.15, 0.2) is 5.96 Å². The third-order valence-electron chi connectivity index (χ3n) is 2.42. The van der Waals surface area contributed by atoms with Gasteiger partial charge in [0, 0.05) is 5.54 Å². The Morgan fingerprint density at radius 1 is 1.47 bits per heavy atom. The molecule has 3 nitrogen and oxygen atoms in total. The second kappa shape index (κ2) is 3.94. The molecule has 0 bridgehead atoms. The molecule has 1 aliphatic rings. The van der Waals surface area contributed by atoms with Crippen LogP contribution in [-0.2, 0) is 0 Å². The number of guanidine groups is 1. The summed E-state index contributed by atoms with van der Waals surface area (Å²) < 4.78 is 25.1. The molecule has 0 aliphatic heterocycles. The van der Waals surface area contributed by atoms with Gasteiger partial charge >= 0.3 is 0 Å². The topological polar surface area (TPSA) is 50.4 Å². The zero-order chi connectivity index (χ0) is 11.7. The van der Waals surface area contributed by atoms with Crippen molar-refractivity contribution in [2.75, 3.05) is 6.54 Å². The van der Waals surface area contributed by atoms with Crippen molar-refractivity contribution in [1.82, 2.24) is 5.32 Å². The molecule has 15 heavy (non-hydrogen) atoms. The minimum absolute atomic E-state index is 0.125. The summed E-state index contributed by atoms with van der Waals surface area (Å²) in [7, 11) is 0. The molecule has 1 saturated carbocycles. The van der Waals surface area contributed by atoms with Gasteiger partial charge in [-0.1, -0.05) is 0 Å². The Kier molecular flexibility index (Phi) is 3.21. The Labute approximate surface area is 89.1 Å². The molecule has 5 heteroatoms. The summed E-state index contributed by atoms with van der Waals surface area (Å²) in [5.74, 6) is 0.245. The molecule has 1 rings (SSSR count). The van der Waals surface area contributed by atoms with Crippen molar-refractivity contribution < 1.29 is 8.78 Å². The van der Waals surface area contributed by atoms with Gasteiger partial charge in [0.05, 0.1) is 12.0 Å². The van der Waals surface area contributed by atoms with Crippen LogP contribution >= 0.6 is 0 Å². The molecule has 0 aromatic heterocycles. The standard InChI is InChI=1S/C10H19F2N3/c1-9(2,3)15-8(13)14-6-10(4-5-10)7(11)12/h7H,4-6H2,1-3H3,(H3,13,14,15). The molecular weight excluding hydrogens is 200 g/mol. The van der Waals surface area contributed by atoms with Gasteiger partial charge in [-0.25, -0.2) is 8.78 Å². The summed E-state index contributed by atoms with van der Waals surface area (Å²) in [5.41, 5.74) is 4.52. The fraction of sp³-hybridized carbons (Fsp3) is 0.900. The maximum absolute atomic E-state index is 12.5. The lowest BCUT2D eigenvalue weighted by atomic mass is 10.1. The summed E-state index contributed by atoms with van der Waals surface area (Å²) in [5, 5.41) is 2.94.